The van der Waals surface area contributed by atoms with Crippen LogP contribution in [0.2, 0.25) is 0 Å². The van der Waals surface area contributed by atoms with Crippen molar-refractivity contribution in [1.29, 1.82) is 0 Å². The number of carbonyl (C=O) groups is 1. The van der Waals surface area contributed by atoms with Crippen LogP contribution in [0.25, 0.3) is 0 Å². The smallest absolute Gasteiger partial charge is 0.444 e. The standard InChI is InChI=1S/C17H28BN3O4/c1-15(2,3)23-14(22)20-9-8-13(20)21-11-12(10-19-21)18-24-16(4,5)17(6,7)25-18/h10-11,13H,8-9H2,1-7H3. The summed E-state index contributed by atoms with van der Waals surface area (Å²) in [5, 5.41) is 4.41. The van der Waals surface area contributed by atoms with Crippen molar-refractivity contribution in [2.45, 2.75) is 77.9 Å². The van der Waals surface area contributed by atoms with Crippen molar-refractivity contribution in [3.8, 4) is 0 Å². The molecule has 2 aliphatic rings. The lowest BCUT2D eigenvalue weighted by Gasteiger charge is -2.41. The van der Waals surface area contributed by atoms with Crippen LogP contribution in [-0.4, -0.2) is 51.2 Å². The predicted molar refractivity (Wildman–Crippen MR) is 94.5 cm³/mol. The van der Waals surface area contributed by atoms with Crippen molar-refractivity contribution < 1.29 is 18.8 Å². The second-order valence-corrected chi connectivity index (χ2v) is 8.78. The Morgan fingerprint density at radius 2 is 1.88 bits per heavy atom. The van der Waals surface area contributed by atoms with Crippen LogP contribution in [0.5, 0.6) is 0 Å². The van der Waals surface area contributed by atoms with Crippen molar-refractivity contribution in [1.82, 2.24) is 14.7 Å². The number of hydrogen-bond donors (Lipinski definition) is 0. The molecule has 0 radical (unpaired) electrons. The summed E-state index contributed by atoms with van der Waals surface area (Å²) in [5.41, 5.74) is -0.429. The maximum absolute atomic E-state index is 12.3. The minimum atomic E-state index is -0.505. The Morgan fingerprint density at radius 1 is 1.28 bits per heavy atom. The van der Waals surface area contributed by atoms with E-state index in [0.717, 1.165) is 11.9 Å². The fourth-order valence-corrected chi connectivity index (χ4v) is 2.80. The fraction of sp³-hybridized carbons (Fsp3) is 0.765. The van der Waals surface area contributed by atoms with E-state index in [9.17, 15) is 4.79 Å². The molecule has 2 fully saturated rings. The van der Waals surface area contributed by atoms with E-state index >= 15 is 0 Å². The number of nitrogens with zero attached hydrogens (tertiary/aromatic N) is 3. The van der Waals surface area contributed by atoms with E-state index in [1.807, 2.05) is 54.7 Å². The van der Waals surface area contributed by atoms with Gasteiger partial charge >= 0.3 is 13.2 Å². The summed E-state index contributed by atoms with van der Waals surface area (Å²) in [6.07, 6.45) is 4.06. The number of amides is 1. The third-order valence-corrected chi connectivity index (χ3v) is 5.07. The zero-order valence-corrected chi connectivity index (χ0v) is 16.2. The van der Waals surface area contributed by atoms with Gasteiger partial charge in [-0.25, -0.2) is 9.48 Å². The molecule has 0 saturated carbocycles. The number of carbonyl (C=O) groups excluding carboxylic acids is 1. The molecular formula is C17H28BN3O4. The van der Waals surface area contributed by atoms with E-state index in [0.29, 0.717) is 6.54 Å². The monoisotopic (exact) mass is 349 g/mol. The molecule has 3 rings (SSSR count). The number of ether oxygens (including phenoxy) is 1. The molecule has 3 heterocycles. The Bertz CT molecular complexity index is 649. The van der Waals surface area contributed by atoms with Crippen LogP contribution in [0.15, 0.2) is 12.4 Å². The van der Waals surface area contributed by atoms with Gasteiger partial charge in [0.1, 0.15) is 11.8 Å². The fourth-order valence-electron chi connectivity index (χ4n) is 2.80. The lowest BCUT2D eigenvalue weighted by molar-refractivity contribution is -0.0256. The van der Waals surface area contributed by atoms with Crippen LogP contribution in [-0.2, 0) is 14.0 Å². The summed E-state index contributed by atoms with van der Waals surface area (Å²) in [7, 11) is -0.450. The molecule has 25 heavy (non-hydrogen) atoms. The topological polar surface area (TPSA) is 65.8 Å². The molecular weight excluding hydrogens is 321 g/mol. The zero-order valence-electron chi connectivity index (χ0n) is 16.2. The van der Waals surface area contributed by atoms with Gasteiger partial charge in [0, 0.05) is 30.8 Å². The highest BCUT2D eigenvalue weighted by atomic mass is 16.7. The summed E-state index contributed by atoms with van der Waals surface area (Å²) < 4.78 is 19.3. The molecule has 2 saturated heterocycles. The summed E-state index contributed by atoms with van der Waals surface area (Å²) in [4.78, 5) is 14.0. The van der Waals surface area contributed by atoms with Gasteiger partial charge in [-0.15, -0.1) is 0 Å². The molecule has 2 aliphatic heterocycles. The molecule has 1 atom stereocenters. The van der Waals surface area contributed by atoms with Crippen LogP contribution in [0.3, 0.4) is 0 Å². The highest BCUT2D eigenvalue weighted by Crippen LogP contribution is 2.36. The number of likely N-dealkylation sites (tertiary alicyclic amines) is 1. The Balaban J connectivity index is 1.69. The predicted octanol–water partition coefficient (Wildman–Crippen LogP) is 2.32. The second kappa shape index (κ2) is 5.74. The molecule has 0 bridgehead atoms. The first-order valence-electron chi connectivity index (χ1n) is 8.79. The van der Waals surface area contributed by atoms with Crippen LogP contribution >= 0.6 is 0 Å². The maximum Gasteiger partial charge on any atom is 0.498 e. The third kappa shape index (κ3) is 3.42. The van der Waals surface area contributed by atoms with Gasteiger partial charge in [0.05, 0.1) is 11.2 Å². The van der Waals surface area contributed by atoms with E-state index in [1.165, 1.54) is 0 Å². The van der Waals surface area contributed by atoms with E-state index in [-0.39, 0.29) is 12.3 Å². The molecule has 8 heteroatoms. The lowest BCUT2D eigenvalue weighted by atomic mass is 9.82. The molecule has 1 amide bonds. The van der Waals surface area contributed by atoms with E-state index < -0.39 is 23.9 Å². The average molecular weight is 349 g/mol. The number of aromatic nitrogens is 2. The molecule has 1 aromatic rings. The third-order valence-electron chi connectivity index (χ3n) is 5.07. The minimum Gasteiger partial charge on any atom is -0.444 e. The Labute approximate surface area is 149 Å². The van der Waals surface area contributed by atoms with Crippen LogP contribution in [0, 0.1) is 0 Å². The highest BCUT2D eigenvalue weighted by Gasteiger charge is 2.52. The average Bonchev–Trinajstić information content (AvgIpc) is 2.89. The second-order valence-electron chi connectivity index (χ2n) is 8.78. The molecule has 0 N–H and O–H groups in total. The van der Waals surface area contributed by atoms with Crippen molar-refractivity contribution in [2.75, 3.05) is 6.54 Å². The zero-order chi connectivity index (χ0) is 18.6. The van der Waals surface area contributed by atoms with Crippen LogP contribution in [0.4, 0.5) is 4.79 Å². The van der Waals surface area contributed by atoms with Crippen LogP contribution in [0.1, 0.15) is 61.1 Å². The first-order valence-corrected chi connectivity index (χ1v) is 8.79. The van der Waals surface area contributed by atoms with Gasteiger partial charge in [-0.2, -0.15) is 5.10 Å². The number of rotatable bonds is 2. The van der Waals surface area contributed by atoms with Gasteiger partial charge < -0.3 is 14.0 Å². The van der Waals surface area contributed by atoms with Gasteiger partial charge in [0.15, 0.2) is 0 Å². The Hall–Kier alpha value is -1.54. The molecule has 1 unspecified atom stereocenters. The minimum absolute atomic E-state index is 0.119. The molecule has 7 nitrogen and oxygen atoms in total. The van der Waals surface area contributed by atoms with Crippen molar-refractivity contribution in [3.05, 3.63) is 12.4 Å². The van der Waals surface area contributed by atoms with E-state index in [2.05, 4.69) is 5.10 Å². The normalized spacial score (nSPS) is 25.0. The molecule has 138 valence electrons. The van der Waals surface area contributed by atoms with Gasteiger partial charge in [0.2, 0.25) is 0 Å². The molecule has 1 aromatic heterocycles. The maximum atomic E-state index is 12.3. The highest BCUT2D eigenvalue weighted by molar-refractivity contribution is 6.62. The van der Waals surface area contributed by atoms with Crippen LogP contribution < -0.4 is 5.46 Å². The molecule has 0 aromatic carbocycles. The lowest BCUT2D eigenvalue weighted by Crippen LogP contribution is -2.50. The Morgan fingerprint density at radius 3 is 2.36 bits per heavy atom. The van der Waals surface area contributed by atoms with Crippen molar-refractivity contribution in [3.63, 3.8) is 0 Å². The first kappa shape index (κ1) is 18.3. The van der Waals surface area contributed by atoms with Gasteiger partial charge in [-0.05, 0) is 48.5 Å². The summed E-state index contributed by atoms with van der Waals surface area (Å²) in [5.74, 6) is 0. The van der Waals surface area contributed by atoms with Gasteiger partial charge in [-0.1, -0.05) is 0 Å². The van der Waals surface area contributed by atoms with Gasteiger partial charge in [0.25, 0.3) is 0 Å². The van der Waals surface area contributed by atoms with Crippen molar-refractivity contribution in [2.24, 2.45) is 0 Å². The summed E-state index contributed by atoms with van der Waals surface area (Å²) in [6.45, 7) is 14.4. The molecule has 0 spiro atoms. The summed E-state index contributed by atoms with van der Waals surface area (Å²) >= 11 is 0. The quantitative estimate of drug-likeness (QED) is 0.767. The van der Waals surface area contributed by atoms with Crippen molar-refractivity contribution >= 4 is 18.7 Å². The van der Waals surface area contributed by atoms with E-state index in [4.69, 9.17) is 14.0 Å². The number of hydrogen-bond acceptors (Lipinski definition) is 5. The SMILES string of the molecule is CC(C)(C)OC(=O)N1CCC1n1cc(B2OC(C)(C)C(C)(C)O2)cn1. The molecule has 0 aliphatic carbocycles. The van der Waals surface area contributed by atoms with E-state index in [1.54, 1.807) is 15.8 Å². The van der Waals surface area contributed by atoms with Gasteiger partial charge in [-0.3, -0.25) is 4.90 Å². The first-order chi connectivity index (χ1) is 11.4. The Kier molecular flexibility index (Phi) is 4.19. The largest absolute Gasteiger partial charge is 0.498 e. The summed E-state index contributed by atoms with van der Waals surface area (Å²) in [6, 6.07) is 0.